The van der Waals surface area contributed by atoms with Crippen molar-refractivity contribution in [3.8, 4) is 0 Å². The zero-order valence-electron chi connectivity index (χ0n) is 10.3. The van der Waals surface area contributed by atoms with Crippen molar-refractivity contribution in [1.82, 2.24) is 9.80 Å². The fourth-order valence-electron chi connectivity index (χ4n) is 2.27. The van der Waals surface area contributed by atoms with E-state index in [1.54, 1.807) is 0 Å². The Bertz CT molecular complexity index is 185. The molecule has 0 aromatic heterocycles. The fraction of sp³-hybridized carbons (Fsp3) is 1.00. The Labute approximate surface area is 92.8 Å². The molecule has 0 spiro atoms. The summed E-state index contributed by atoms with van der Waals surface area (Å²) in [5, 5.41) is 9.36. The summed E-state index contributed by atoms with van der Waals surface area (Å²) in [5.74, 6) is 0.559. The van der Waals surface area contributed by atoms with Crippen molar-refractivity contribution in [1.29, 1.82) is 0 Å². The molecule has 4 nitrogen and oxygen atoms in total. The molecular weight excluding hydrogens is 192 g/mol. The van der Waals surface area contributed by atoms with Crippen LogP contribution in [0.2, 0.25) is 0 Å². The zero-order valence-corrected chi connectivity index (χ0v) is 10.3. The Balaban J connectivity index is 2.44. The standard InChI is InChI=1S/C11H24N2O2/c1-9(14)5-13(4)11-8-15-7-10(11)6-12(2)3/h9-11,14H,5-8H2,1-4H3. The summed E-state index contributed by atoms with van der Waals surface area (Å²) in [5.41, 5.74) is 0. The van der Waals surface area contributed by atoms with Gasteiger partial charge in [0.05, 0.1) is 19.3 Å². The summed E-state index contributed by atoms with van der Waals surface area (Å²) in [6.07, 6.45) is -0.268. The molecule has 3 atom stereocenters. The van der Waals surface area contributed by atoms with E-state index in [9.17, 15) is 5.11 Å². The lowest BCUT2D eigenvalue weighted by atomic mass is 10.0. The van der Waals surface area contributed by atoms with Gasteiger partial charge in [0.25, 0.3) is 0 Å². The van der Waals surface area contributed by atoms with Crippen LogP contribution in [0, 0.1) is 5.92 Å². The number of ether oxygens (including phenoxy) is 1. The lowest BCUT2D eigenvalue weighted by Crippen LogP contribution is -2.43. The van der Waals surface area contributed by atoms with Gasteiger partial charge in [-0.15, -0.1) is 0 Å². The molecule has 90 valence electrons. The summed E-state index contributed by atoms with van der Waals surface area (Å²) in [7, 11) is 6.24. The second-order valence-corrected chi connectivity index (χ2v) is 4.92. The van der Waals surface area contributed by atoms with Crippen LogP contribution in [0.25, 0.3) is 0 Å². The Hall–Kier alpha value is -0.160. The molecule has 0 aromatic carbocycles. The van der Waals surface area contributed by atoms with E-state index in [1.165, 1.54) is 0 Å². The molecule has 3 unspecified atom stereocenters. The quantitative estimate of drug-likeness (QED) is 0.695. The molecule has 4 heteroatoms. The lowest BCUT2D eigenvalue weighted by molar-refractivity contribution is 0.0965. The molecule has 1 rings (SSSR count). The highest BCUT2D eigenvalue weighted by Crippen LogP contribution is 2.19. The minimum Gasteiger partial charge on any atom is -0.392 e. The van der Waals surface area contributed by atoms with Gasteiger partial charge >= 0.3 is 0 Å². The summed E-state index contributed by atoms with van der Waals surface area (Å²) in [6.45, 7) is 5.23. The molecule has 0 aliphatic carbocycles. The van der Waals surface area contributed by atoms with Crippen LogP contribution in [0.3, 0.4) is 0 Å². The monoisotopic (exact) mass is 216 g/mol. The molecule has 0 bridgehead atoms. The van der Waals surface area contributed by atoms with Gasteiger partial charge in [-0.1, -0.05) is 0 Å². The molecule has 1 aliphatic heterocycles. The first-order valence-electron chi connectivity index (χ1n) is 5.61. The van der Waals surface area contributed by atoms with Gasteiger partial charge in [0, 0.05) is 25.0 Å². The van der Waals surface area contributed by atoms with E-state index < -0.39 is 0 Å². The van der Waals surface area contributed by atoms with E-state index >= 15 is 0 Å². The third-order valence-electron chi connectivity index (χ3n) is 2.88. The summed E-state index contributed by atoms with van der Waals surface area (Å²) in [4.78, 5) is 4.41. The Kier molecular flexibility index (Phi) is 4.99. The average Bonchev–Trinajstić information content (AvgIpc) is 2.49. The zero-order chi connectivity index (χ0) is 11.4. The number of aliphatic hydroxyl groups excluding tert-OH is 1. The molecule has 15 heavy (non-hydrogen) atoms. The molecule has 1 fully saturated rings. The molecule has 1 N–H and O–H groups in total. The largest absolute Gasteiger partial charge is 0.392 e. The van der Waals surface area contributed by atoms with E-state index in [0.717, 1.165) is 26.3 Å². The Morgan fingerprint density at radius 2 is 2.00 bits per heavy atom. The smallest absolute Gasteiger partial charge is 0.0639 e. The maximum atomic E-state index is 9.36. The highest BCUT2D eigenvalue weighted by molar-refractivity contribution is 4.84. The van der Waals surface area contributed by atoms with Crippen LogP contribution in [0.1, 0.15) is 6.92 Å². The van der Waals surface area contributed by atoms with Gasteiger partial charge in [0.15, 0.2) is 0 Å². The molecule has 0 radical (unpaired) electrons. The van der Waals surface area contributed by atoms with Gasteiger partial charge in [0.1, 0.15) is 0 Å². The van der Waals surface area contributed by atoms with Crippen LogP contribution >= 0.6 is 0 Å². The SMILES string of the molecule is CC(O)CN(C)C1COCC1CN(C)C. The van der Waals surface area contributed by atoms with Gasteiger partial charge in [-0.05, 0) is 28.1 Å². The number of hydrogen-bond acceptors (Lipinski definition) is 4. The normalized spacial score (nSPS) is 29.0. The first kappa shape index (κ1) is 12.9. The second-order valence-electron chi connectivity index (χ2n) is 4.92. The molecular formula is C11H24N2O2. The second kappa shape index (κ2) is 5.80. The van der Waals surface area contributed by atoms with Crippen molar-refractivity contribution in [3.05, 3.63) is 0 Å². The van der Waals surface area contributed by atoms with Crippen LogP contribution in [0.5, 0.6) is 0 Å². The predicted molar refractivity (Wildman–Crippen MR) is 61.0 cm³/mol. The van der Waals surface area contributed by atoms with Crippen LogP contribution in [0.4, 0.5) is 0 Å². The Morgan fingerprint density at radius 1 is 1.33 bits per heavy atom. The molecule has 1 heterocycles. The van der Waals surface area contributed by atoms with Crippen LogP contribution < -0.4 is 0 Å². The van der Waals surface area contributed by atoms with Crippen molar-refractivity contribution < 1.29 is 9.84 Å². The third kappa shape index (κ3) is 4.07. The molecule has 0 aromatic rings. The van der Waals surface area contributed by atoms with E-state index in [0.29, 0.717) is 12.0 Å². The van der Waals surface area contributed by atoms with Crippen molar-refractivity contribution in [3.63, 3.8) is 0 Å². The minimum absolute atomic E-state index is 0.268. The number of aliphatic hydroxyl groups is 1. The van der Waals surface area contributed by atoms with Gasteiger partial charge in [0.2, 0.25) is 0 Å². The van der Waals surface area contributed by atoms with Gasteiger partial charge in [-0.3, -0.25) is 4.90 Å². The van der Waals surface area contributed by atoms with Gasteiger partial charge < -0.3 is 14.7 Å². The summed E-state index contributed by atoms with van der Waals surface area (Å²) < 4.78 is 5.52. The van der Waals surface area contributed by atoms with E-state index in [2.05, 4.69) is 30.9 Å². The van der Waals surface area contributed by atoms with Crippen LogP contribution in [-0.2, 0) is 4.74 Å². The first-order valence-corrected chi connectivity index (χ1v) is 5.61. The van der Waals surface area contributed by atoms with Crippen molar-refractivity contribution in [2.24, 2.45) is 5.92 Å². The van der Waals surface area contributed by atoms with Crippen LogP contribution in [0.15, 0.2) is 0 Å². The first-order chi connectivity index (χ1) is 7.00. The Morgan fingerprint density at radius 3 is 2.53 bits per heavy atom. The van der Waals surface area contributed by atoms with E-state index in [1.807, 2.05) is 6.92 Å². The summed E-state index contributed by atoms with van der Waals surface area (Å²) in [6, 6.07) is 0.446. The number of likely N-dealkylation sites (N-methyl/N-ethyl adjacent to an activating group) is 1. The molecule has 0 saturated carbocycles. The van der Waals surface area contributed by atoms with Crippen molar-refractivity contribution in [2.45, 2.75) is 19.1 Å². The number of hydrogen-bond donors (Lipinski definition) is 1. The number of nitrogens with zero attached hydrogens (tertiary/aromatic N) is 2. The van der Waals surface area contributed by atoms with Crippen molar-refractivity contribution in [2.75, 3.05) is 47.4 Å². The van der Waals surface area contributed by atoms with E-state index in [-0.39, 0.29) is 6.10 Å². The van der Waals surface area contributed by atoms with Crippen molar-refractivity contribution >= 4 is 0 Å². The fourth-order valence-corrected chi connectivity index (χ4v) is 2.27. The van der Waals surface area contributed by atoms with Gasteiger partial charge in [-0.2, -0.15) is 0 Å². The minimum atomic E-state index is -0.268. The highest BCUT2D eigenvalue weighted by Gasteiger charge is 2.31. The highest BCUT2D eigenvalue weighted by atomic mass is 16.5. The molecule has 1 saturated heterocycles. The number of rotatable bonds is 5. The maximum Gasteiger partial charge on any atom is 0.0639 e. The summed E-state index contributed by atoms with van der Waals surface area (Å²) >= 11 is 0. The molecule has 1 aliphatic rings. The topological polar surface area (TPSA) is 35.9 Å². The maximum absolute atomic E-state index is 9.36. The van der Waals surface area contributed by atoms with Crippen LogP contribution in [-0.4, -0.2) is 74.5 Å². The third-order valence-corrected chi connectivity index (χ3v) is 2.88. The predicted octanol–water partition coefficient (Wildman–Crippen LogP) is -0.124. The van der Waals surface area contributed by atoms with E-state index in [4.69, 9.17) is 4.74 Å². The average molecular weight is 216 g/mol. The molecule has 0 amide bonds. The lowest BCUT2D eigenvalue weighted by Gasteiger charge is -2.30. The van der Waals surface area contributed by atoms with Gasteiger partial charge in [-0.25, -0.2) is 0 Å².